The minimum Gasteiger partial charge on any atom is -0.316 e. The van der Waals surface area contributed by atoms with Crippen LogP contribution in [0.4, 0.5) is 0 Å². The third kappa shape index (κ3) is 6.28. The van der Waals surface area contributed by atoms with E-state index in [1.54, 1.807) is 0 Å². The van der Waals surface area contributed by atoms with E-state index in [2.05, 4.69) is 43.1 Å². The molecule has 94 valence electrons. The van der Waals surface area contributed by atoms with E-state index in [-0.39, 0.29) is 0 Å². The molecule has 0 atom stereocenters. The van der Waals surface area contributed by atoms with Crippen molar-refractivity contribution in [3.05, 3.63) is 42.0 Å². The number of hydrogen-bond acceptors (Lipinski definition) is 1. The quantitative estimate of drug-likeness (QED) is 0.632. The van der Waals surface area contributed by atoms with E-state index >= 15 is 0 Å². The summed E-state index contributed by atoms with van der Waals surface area (Å²) in [6, 6.07) is 8.64. The second kappa shape index (κ2) is 9.00. The molecule has 0 aliphatic rings. The predicted molar refractivity (Wildman–Crippen MR) is 77.2 cm³/mol. The van der Waals surface area contributed by atoms with Gasteiger partial charge in [-0.25, -0.2) is 0 Å². The highest BCUT2D eigenvalue weighted by atomic mass is 14.8. The van der Waals surface area contributed by atoms with E-state index in [9.17, 15) is 0 Å². The van der Waals surface area contributed by atoms with Crippen LogP contribution in [0.2, 0.25) is 0 Å². The molecule has 0 aliphatic heterocycles. The monoisotopic (exact) mass is 231 g/mol. The van der Waals surface area contributed by atoms with Crippen molar-refractivity contribution in [3.8, 4) is 0 Å². The van der Waals surface area contributed by atoms with Gasteiger partial charge in [0, 0.05) is 0 Å². The molecule has 0 aliphatic carbocycles. The van der Waals surface area contributed by atoms with Gasteiger partial charge in [-0.1, -0.05) is 63.1 Å². The average Bonchev–Trinajstić information content (AvgIpc) is 2.38. The minimum absolute atomic E-state index is 1.08. The molecular formula is C16H25N. The Morgan fingerprint density at radius 1 is 1.06 bits per heavy atom. The predicted octanol–water partition coefficient (Wildman–Crippen LogP) is 4.04. The molecule has 0 aromatic heterocycles. The van der Waals surface area contributed by atoms with Gasteiger partial charge in [0.05, 0.1) is 0 Å². The van der Waals surface area contributed by atoms with Gasteiger partial charge in [-0.05, 0) is 37.1 Å². The molecule has 1 nitrogen and oxygen atoms in total. The first kappa shape index (κ1) is 14.0. The van der Waals surface area contributed by atoms with Crippen molar-refractivity contribution in [2.45, 2.75) is 39.0 Å². The molecule has 0 spiro atoms. The molecule has 0 heterocycles. The van der Waals surface area contributed by atoms with Gasteiger partial charge in [0.15, 0.2) is 0 Å². The minimum atomic E-state index is 1.08. The third-order valence-electron chi connectivity index (χ3n) is 3.01. The lowest BCUT2D eigenvalue weighted by Crippen LogP contribution is -2.18. The Kier molecular flexibility index (Phi) is 7.40. The highest BCUT2D eigenvalue weighted by molar-refractivity contribution is 5.47. The lowest BCUT2D eigenvalue weighted by atomic mass is 10.1. The Hall–Kier alpha value is -1.08. The second-order valence-corrected chi connectivity index (χ2v) is 4.51. The van der Waals surface area contributed by atoms with Gasteiger partial charge in [0.2, 0.25) is 0 Å². The van der Waals surface area contributed by atoms with Crippen molar-refractivity contribution >= 4 is 6.08 Å². The maximum atomic E-state index is 3.76. The molecule has 0 bridgehead atoms. The van der Waals surface area contributed by atoms with Gasteiger partial charge < -0.3 is 5.32 Å². The first-order chi connectivity index (χ1) is 8.36. The lowest BCUT2D eigenvalue weighted by molar-refractivity contribution is 0.599. The largest absolute Gasteiger partial charge is 0.316 e. The average molecular weight is 231 g/mol. The highest BCUT2D eigenvalue weighted by Gasteiger charge is 1.93. The molecule has 1 aromatic carbocycles. The maximum Gasteiger partial charge on any atom is -0.000835 e. The van der Waals surface area contributed by atoms with Crippen LogP contribution in [0.1, 0.15) is 43.7 Å². The highest BCUT2D eigenvalue weighted by Crippen LogP contribution is 2.05. The number of nitrogens with one attached hydrogen (secondary N) is 1. The van der Waals surface area contributed by atoms with Gasteiger partial charge in [0.25, 0.3) is 0 Å². The third-order valence-corrected chi connectivity index (χ3v) is 3.01. The number of hydrogen-bond donors (Lipinski definition) is 1. The van der Waals surface area contributed by atoms with E-state index in [0.29, 0.717) is 0 Å². The van der Waals surface area contributed by atoms with Crippen LogP contribution in [0, 0.1) is 0 Å². The summed E-state index contributed by atoms with van der Waals surface area (Å²) < 4.78 is 0. The van der Waals surface area contributed by atoms with Crippen LogP contribution in [-0.2, 0) is 6.42 Å². The molecule has 1 rings (SSSR count). The summed E-state index contributed by atoms with van der Waals surface area (Å²) in [6.45, 7) is 8.25. The molecule has 0 amide bonds. The van der Waals surface area contributed by atoms with Crippen LogP contribution in [0.25, 0.3) is 6.08 Å². The number of benzene rings is 1. The van der Waals surface area contributed by atoms with Crippen LogP contribution in [0.5, 0.6) is 0 Å². The fourth-order valence-corrected chi connectivity index (χ4v) is 1.85. The Morgan fingerprint density at radius 3 is 2.47 bits per heavy atom. The van der Waals surface area contributed by atoms with Crippen LogP contribution in [0.3, 0.4) is 0 Å². The van der Waals surface area contributed by atoms with Crippen molar-refractivity contribution in [1.29, 1.82) is 0 Å². The fraction of sp³-hybridized carbons (Fsp3) is 0.500. The van der Waals surface area contributed by atoms with E-state index in [0.717, 1.165) is 19.5 Å². The molecule has 0 saturated carbocycles. The zero-order chi connectivity index (χ0) is 12.3. The SMILES string of the molecule is C=Cc1ccc(CCNCCCCCC)cc1. The Labute approximate surface area is 106 Å². The molecule has 1 aromatic rings. The Balaban J connectivity index is 2.07. The van der Waals surface area contributed by atoms with E-state index in [4.69, 9.17) is 0 Å². The number of unbranched alkanes of at least 4 members (excludes halogenated alkanes) is 3. The van der Waals surface area contributed by atoms with Gasteiger partial charge in [-0.15, -0.1) is 0 Å². The van der Waals surface area contributed by atoms with Gasteiger partial charge in [-0.2, -0.15) is 0 Å². The fourth-order valence-electron chi connectivity index (χ4n) is 1.85. The summed E-state index contributed by atoms with van der Waals surface area (Å²) >= 11 is 0. The van der Waals surface area contributed by atoms with E-state index < -0.39 is 0 Å². The van der Waals surface area contributed by atoms with Gasteiger partial charge >= 0.3 is 0 Å². The first-order valence-corrected chi connectivity index (χ1v) is 6.79. The molecule has 0 unspecified atom stereocenters. The van der Waals surface area contributed by atoms with Crippen LogP contribution in [-0.4, -0.2) is 13.1 Å². The zero-order valence-electron chi connectivity index (χ0n) is 11.0. The zero-order valence-corrected chi connectivity index (χ0v) is 11.0. The number of rotatable bonds is 9. The lowest BCUT2D eigenvalue weighted by Gasteiger charge is -2.05. The molecule has 1 heteroatoms. The van der Waals surface area contributed by atoms with Crippen molar-refractivity contribution in [2.75, 3.05) is 13.1 Å². The normalized spacial score (nSPS) is 10.4. The summed E-state index contributed by atoms with van der Waals surface area (Å²) in [4.78, 5) is 0. The van der Waals surface area contributed by atoms with Crippen LogP contribution in [0.15, 0.2) is 30.8 Å². The van der Waals surface area contributed by atoms with Gasteiger partial charge in [0.1, 0.15) is 0 Å². The summed E-state index contributed by atoms with van der Waals surface area (Å²) in [7, 11) is 0. The summed E-state index contributed by atoms with van der Waals surface area (Å²) in [5.41, 5.74) is 2.60. The molecule has 1 N–H and O–H groups in total. The topological polar surface area (TPSA) is 12.0 Å². The van der Waals surface area contributed by atoms with Crippen molar-refractivity contribution in [3.63, 3.8) is 0 Å². The molecule has 0 fully saturated rings. The molecule has 17 heavy (non-hydrogen) atoms. The van der Waals surface area contributed by atoms with Crippen molar-refractivity contribution < 1.29 is 0 Å². The summed E-state index contributed by atoms with van der Waals surface area (Å²) in [5.74, 6) is 0. The van der Waals surface area contributed by atoms with Crippen LogP contribution < -0.4 is 5.32 Å². The molecular weight excluding hydrogens is 206 g/mol. The van der Waals surface area contributed by atoms with E-state index in [1.165, 1.54) is 36.8 Å². The van der Waals surface area contributed by atoms with Crippen LogP contribution >= 0.6 is 0 Å². The maximum absolute atomic E-state index is 3.76. The van der Waals surface area contributed by atoms with Gasteiger partial charge in [-0.3, -0.25) is 0 Å². The first-order valence-electron chi connectivity index (χ1n) is 6.79. The van der Waals surface area contributed by atoms with Crippen molar-refractivity contribution in [2.24, 2.45) is 0 Å². The van der Waals surface area contributed by atoms with E-state index in [1.807, 2.05) is 6.08 Å². The smallest absolute Gasteiger partial charge is 0.000835 e. The van der Waals surface area contributed by atoms with Crippen molar-refractivity contribution in [1.82, 2.24) is 5.32 Å². The summed E-state index contributed by atoms with van der Waals surface area (Å²) in [5, 5.41) is 3.50. The Morgan fingerprint density at radius 2 is 1.82 bits per heavy atom. The molecule has 0 saturated heterocycles. The molecule has 0 radical (unpaired) electrons. The standard InChI is InChI=1S/C16H25N/c1-3-5-6-7-13-17-14-12-16-10-8-15(4-2)9-11-16/h4,8-11,17H,2-3,5-7,12-14H2,1H3. The summed E-state index contributed by atoms with van der Waals surface area (Å²) in [6.07, 6.45) is 8.35. The Bertz CT molecular complexity index is 300. The second-order valence-electron chi connectivity index (χ2n) is 4.51.